The van der Waals surface area contributed by atoms with E-state index in [1.54, 1.807) is 122 Å². The van der Waals surface area contributed by atoms with Crippen LogP contribution in [0.25, 0.3) is 65.3 Å². The first kappa shape index (κ1) is 93.8. The second-order valence-corrected chi connectivity index (χ2v) is 47.6. The average molecular weight is 2020 g/mol. The van der Waals surface area contributed by atoms with Gasteiger partial charge in [-0.15, -0.1) is 92.4 Å². The van der Waals surface area contributed by atoms with Crippen LogP contribution < -0.4 is 39.8 Å². The summed E-state index contributed by atoms with van der Waals surface area (Å²) in [6.07, 6.45) is 7.12. The largest absolute Gasteiger partial charge is 0.383 e. The number of hydrogen-bond acceptors (Lipinski definition) is 24. The molecule has 0 aliphatic carbocycles. The van der Waals surface area contributed by atoms with E-state index in [1.807, 2.05) is 140 Å². The molecule has 24 nitrogen and oxygen atoms in total. The van der Waals surface area contributed by atoms with E-state index < -0.39 is 60.1 Å². The second kappa shape index (κ2) is 39.4. The van der Waals surface area contributed by atoms with Gasteiger partial charge in [-0.2, -0.15) is 7.42 Å². The molecule has 0 bridgehead atoms. The van der Waals surface area contributed by atoms with Crippen molar-refractivity contribution < 1.29 is 50.5 Å². The maximum atomic E-state index is 14.2. The Bertz CT molecular complexity index is 7460. The number of nitrogens with zero attached hydrogens (tertiary/aromatic N) is 2. The highest BCUT2D eigenvalue weighted by atomic mass is 79.9. The van der Waals surface area contributed by atoms with Gasteiger partial charge in [0.1, 0.15) is 23.3 Å². The standard InChI is InChI=1S/C30H25N3O4S4.C26H21N3O4S4.C16H14BrN3O2S3.C16H15N3O2S3/c1-38-30-27(20-28(39-30)29(31)32)33(40(34,35)25-16-12-23(13-17-25)21-8-4-2-5-9-21)41(36,37)26-18-14-24(15-19-26)22-10-6-3-7-11-22;1-34-26-23(16-24(35-26)25(27)28)29(36(30,31)21-12-10-17-6-2-4-8-19(17)14-21)37(32,33)22-13-11-18-7-3-5-9-20(18)15-22;1-23-16-13(8-14(24-16)15(18)19)20-25(21,22)12-5-3-9-6-11(17)4-2-10(9)7-12;1-22-16-13(9-14(23-16)15(17)18)19-24(20,21)12-7-6-10-4-2-3-5-11(10)8-12/h2-20H,1H3,(H3,31,32);2-16H,1H3,(H3,27,28);2-8,20H,1H3,(H3,18,19);2-9,19H,1H3,(H3,17,18). The highest BCUT2D eigenvalue weighted by Gasteiger charge is 2.42. The van der Waals surface area contributed by atoms with Gasteiger partial charge in [0.05, 0.1) is 88.5 Å². The molecule has 0 amide bonds. The SMILES string of the molecule is CSc1sc(C(=N)N)cc1N(S(=O)(=O)c1ccc(-c2ccccc2)cc1)S(=O)(=O)c1ccc(-c2ccccc2)cc1.CSc1sc(C(=N)N)cc1N(S(=O)(=O)c1ccc2ccccc2c1)S(=O)(=O)c1ccc2ccccc2c1.CSc1sc(C(=N)N)cc1NS(=O)(=O)c1ccc2cc(Br)ccc2c1.CSc1sc(C(=N)N)cc1NS(=O)(=O)c1ccc2ccccc2c1. The summed E-state index contributed by atoms with van der Waals surface area (Å²) in [6, 6.07) is 83.7. The Morgan fingerprint density at radius 2 is 0.528 bits per heavy atom. The van der Waals surface area contributed by atoms with Gasteiger partial charge in [-0.25, -0.2) is 50.5 Å². The number of benzene rings is 12. The minimum Gasteiger partial charge on any atom is -0.383 e. The molecule has 127 heavy (non-hydrogen) atoms. The van der Waals surface area contributed by atoms with Crippen molar-refractivity contribution >= 4 is 258 Å². The summed E-state index contributed by atoms with van der Waals surface area (Å²) in [4.78, 5) is 1.27. The van der Waals surface area contributed by atoms with Crippen LogP contribution in [0.5, 0.6) is 0 Å². The monoisotopic (exact) mass is 2020 g/mol. The molecule has 12 aromatic carbocycles. The first-order valence-electron chi connectivity index (χ1n) is 37.2. The summed E-state index contributed by atoms with van der Waals surface area (Å²) >= 11 is 13.3. The van der Waals surface area contributed by atoms with Crippen molar-refractivity contribution in [3.63, 3.8) is 0 Å². The fraction of sp³-hybridized carbons (Fsp3) is 0.0455. The molecule has 0 spiro atoms. The zero-order valence-corrected chi connectivity index (χ0v) is 80.0. The number of halogens is 1. The lowest BCUT2D eigenvalue weighted by Crippen LogP contribution is -2.37. The van der Waals surface area contributed by atoms with Gasteiger partial charge in [0.15, 0.2) is 0 Å². The summed E-state index contributed by atoms with van der Waals surface area (Å²) in [5, 5.41) is 37.3. The molecule has 16 rings (SSSR count). The minimum atomic E-state index is -4.64. The van der Waals surface area contributed by atoms with E-state index in [2.05, 4.69) is 25.4 Å². The number of sulfonamides is 6. The first-order chi connectivity index (χ1) is 60.4. The minimum absolute atomic E-state index is 0.0657. The molecular weight excluding hydrogens is 1950 g/mol. The quantitative estimate of drug-likeness (QED) is 0.0137. The van der Waals surface area contributed by atoms with Crippen LogP contribution in [0.2, 0.25) is 0 Å². The van der Waals surface area contributed by atoms with Crippen molar-refractivity contribution in [2.75, 3.05) is 41.9 Å². The second-order valence-electron chi connectivity index (χ2n) is 27.2. The highest BCUT2D eigenvalue weighted by Crippen LogP contribution is 2.46. The van der Waals surface area contributed by atoms with E-state index in [1.165, 1.54) is 130 Å². The number of nitrogens with two attached hydrogens (primary N) is 4. The van der Waals surface area contributed by atoms with Crippen LogP contribution in [0, 0.1) is 21.6 Å². The molecule has 0 saturated heterocycles. The summed E-state index contributed by atoms with van der Waals surface area (Å²) in [6.45, 7) is 0. The fourth-order valence-corrected chi connectivity index (χ4v) is 30.3. The van der Waals surface area contributed by atoms with Crippen molar-refractivity contribution in [3.8, 4) is 22.3 Å². The van der Waals surface area contributed by atoms with E-state index in [0.717, 1.165) is 90.1 Å². The van der Waals surface area contributed by atoms with E-state index in [4.69, 9.17) is 44.6 Å². The van der Waals surface area contributed by atoms with Gasteiger partial charge < -0.3 is 22.9 Å². The molecule has 0 atom stereocenters. The predicted molar refractivity (Wildman–Crippen MR) is 531 cm³/mol. The molecule has 650 valence electrons. The molecule has 0 radical (unpaired) electrons. The number of nitrogen functional groups attached to an aromatic ring is 4. The van der Waals surface area contributed by atoms with E-state index in [-0.39, 0.29) is 73.8 Å². The van der Waals surface area contributed by atoms with E-state index in [0.29, 0.717) is 47.7 Å². The van der Waals surface area contributed by atoms with E-state index >= 15 is 0 Å². The third-order valence-corrected chi connectivity index (χ3v) is 39.7. The number of anilines is 4. The lowest BCUT2D eigenvalue weighted by molar-refractivity contribution is 0.580. The van der Waals surface area contributed by atoms with Gasteiger partial charge in [-0.1, -0.05) is 204 Å². The third kappa shape index (κ3) is 21.0. The van der Waals surface area contributed by atoms with Crippen molar-refractivity contribution in [2.45, 2.75) is 46.2 Å². The Kier molecular flexibility index (Phi) is 29.1. The zero-order valence-electron chi connectivity index (χ0n) is 67.0. The Morgan fingerprint density at radius 3 is 0.858 bits per heavy atom. The maximum absolute atomic E-state index is 14.2. The molecule has 0 aliphatic heterocycles. The molecule has 0 saturated carbocycles. The number of thioether (sulfide) groups is 4. The van der Waals surface area contributed by atoms with E-state index in [9.17, 15) is 50.5 Å². The molecule has 0 aliphatic rings. The van der Waals surface area contributed by atoms with Crippen molar-refractivity contribution in [2.24, 2.45) is 22.9 Å². The van der Waals surface area contributed by atoms with Crippen LogP contribution in [0.15, 0.2) is 348 Å². The average Bonchev–Trinajstić information content (AvgIpc) is 1.72. The molecular formula is C88H75BrN12O12S14. The number of fused-ring (bicyclic) bond motifs is 4. The predicted octanol–water partition coefficient (Wildman–Crippen LogP) is 20.5. The lowest BCUT2D eigenvalue weighted by Gasteiger charge is -2.24. The Labute approximate surface area is 776 Å². The molecule has 16 aromatic rings. The number of nitrogens with one attached hydrogen (secondary N) is 6. The normalized spacial score (nSPS) is 11.8. The van der Waals surface area contributed by atoms with Crippen LogP contribution in [0.3, 0.4) is 0 Å². The third-order valence-electron chi connectivity index (χ3n) is 19.0. The summed E-state index contributed by atoms with van der Waals surface area (Å²) in [5.74, 6) is -0.725. The first-order valence-corrected chi connectivity index (χ1v) is 54.9. The van der Waals surface area contributed by atoms with Crippen LogP contribution in [-0.2, 0) is 60.1 Å². The lowest BCUT2D eigenvalue weighted by atomic mass is 10.1. The van der Waals surface area contributed by atoms with Crippen molar-refractivity contribution in [1.29, 1.82) is 21.6 Å². The van der Waals surface area contributed by atoms with Gasteiger partial charge in [0, 0.05) is 4.47 Å². The zero-order chi connectivity index (χ0) is 91.1. The Hall–Kier alpha value is -10.9. The van der Waals surface area contributed by atoms with Gasteiger partial charge in [0.25, 0.3) is 60.1 Å². The van der Waals surface area contributed by atoms with Gasteiger partial charge >= 0.3 is 0 Å². The Morgan fingerprint density at radius 1 is 0.283 bits per heavy atom. The highest BCUT2D eigenvalue weighted by molar-refractivity contribution is 9.10. The summed E-state index contributed by atoms with van der Waals surface area (Å²) < 4.78 is 174. The Balaban J connectivity index is 0.000000149. The number of amidine groups is 4. The van der Waals surface area contributed by atoms with Crippen LogP contribution in [0.1, 0.15) is 19.5 Å². The van der Waals surface area contributed by atoms with Gasteiger partial charge in [0.2, 0.25) is 0 Å². The van der Waals surface area contributed by atoms with Crippen LogP contribution in [-0.4, -0.2) is 98.9 Å². The smallest absolute Gasteiger partial charge is 0.277 e. The van der Waals surface area contributed by atoms with Crippen LogP contribution in [0.4, 0.5) is 22.7 Å². The molecule has 4 aromatic heterocycles. The number of rotatable bonds is 26. The summed E-state index contributed by atoms with van der Waals surface area (Å²) in [7, 11) is -26.0. The van der Waals surface area contributed by atoms with Crippen LogP contribution >= 0.6 is 108 Å². The fourth-order valence-electron chi connectivity index (χ4n) is 12.8. The molecule has 4 heterocycles. The number of thiophene rings is 4. The number of hydrogen-bond donors (Lipinski definition) is 10. The van der Waals surface area contributed by atoms with Crippen molar-refractivity contribution in [1.82, 2.24) is 0 Å². The molecule has 0 unspecified atom stereocenters. The summed E-state index contributed by atoms with van der Waals surface area (Å²) in [5.41, 5.74) is 26.5. The topological polar surface area (TPSA) is 435 Å². The van der Waals surface area contributed by atoms with Crippen molar-refractivity contribution in [3.05, 3.63) is 321 Å². The molecule has 14 N–H and O–H groups in total. The van der Waals surface area contributed by atoms with Gasteiger partial charge in [-0.05, 0) is 200 Å². The molecule has 39 heteroatoms. The molecule has 0 fully saturated rings. The maximum Gasteiger partial charge on any atom is 0.277 e. The van der Waals surface area contributed by atoms with Gasteiger partial charge in [-0.3, -0.25) is 31.1 Å².